The van der Waals surface area contributed by atoms with E-state index in [1.807, 2.05) is 0 Å². The first-order valence-electron chi connectivity index (χ1n) is 5.44. The van der Waals surface area contributed by atoms with Crippen LogP contribution in [0.5, 0.6) is 0 Å². The van der Waals surface area contributed by atoms with Gasteiger partial charge in [0.2, 0.25) is 0 Å². The fourth-order valence-corrected chi connectivity index (χ4v) is 0.770. The van der Waals surface area contributed by atoms with Crippen LogP contribution in [-0.4, -0.2) is 30.9 Å². The second-order valence-corrected chi connectivity index (χ2v) is 4.12. The summed E-state index contributed by atoms with van der Waals surface area (Å²) in [5, 5.41) is 0. The number of rotatable bonds is 6. The van der Waals surface area contributed by atoms with Gasteiger partial charge >= 0.3 is 12.1 Å². The molecule has 0 aliphatic rings. The molecule has 0 saturated carbocycles. The molecule has 0 unspecified atom stereocenters. The third-order valence-corrected chi connectivity index (χ3v) is 1.78. The quantitative estimate of drug-likeness (QED) is 0.314. The van der Waals surface area contributed by atoms with Crippen molar-refractivity contribution in [2.24, 2.45) is 0 Å². The Bertz CT molecular complexity index is 362. The third kappa shape index (κ3) is 7.34. The van der Waals surface area contributed by atoms with Crippen molar-refractivity contribution in [2.75, 3.05) is 13.2 Å². The van der Waals surface area contributed by atoms with Gasteiger partial charge < -0.3 is 14.2 Å². The first-order valence-corrected chi connectivity index (χ1v) is 5.44. The van der Waals surface area contributed by atoms with E-state index < -0.39 is 17.7 Å². The van der Waals surface area contributed by atoms with Crippen molar-refractivity contribution < 1.29 is 23.8 Å². The molecule has 0 aromatic carbocycles. The van der Waals surface area contributed by atoms with Crippen LogP contribution in [-0.2, 0) is 19.0 Å². The minimum atomic E-state index is -0.997. The van der Waals surface area contributed by atoms with E-state index >= 15 is 0 Å². The SMILES string of the molecule is C#CC(C)(C)OC(=O)OCCCOC(=O)C(=C)C. The molecular formula is C13H18O5. The zero-order valence-electron chi connectivity index (χ0n) is 10.9. The minimum Gasteiger partial charge on any atom is -0.462 e. The summed E-state index contributed by atoms with van der Waals surface area (Å²) in [7, 11) is 0. The summed E-state index contributed by atoms with van der Waals surface area (Å²) in [4.78, 5) is 22.2. The van der Waals surface area contributed by atoms with Gasteiger partial charge in [-0.2, -0.15) is 0 Å². The van der Waals surface area contributed by atoms with Crippen LogP contribution < -0.4 is 0 Å². The van der Waals surface area contributed by atoms with E-state index in [4.69, 9.17) is 20.6 Å². The van der Waals surface area contributed by atoms with Gasteiger partial charge in [0, 0.05) is 12.0 Å². The number of ether oxygens (including phenoxy) is 3. The molecule has 0 fully saturated rings. The van der Waals surface area contributed by atoms with Crippen LogP contribution in [0.4, 0.5) is 4.79 Å². The molecule has 0 amide bonds. The Morgan fingerprint density at radius 3 is 2.33 bits per heavy atom. The highest BCUT2D eigenvalue weighted by Crippen LogP contribution is 2.08. The molecule has 0 aliphatic carbocycles. The van der Waals surface area contributed by atoms with E-state index in [1.165, 1.54) is 0 Å². The molecule has 0 atom stereocenters. The molecular weight excluding hydrogens is 236 g/mol. The van der Waals surface area contributed by atoms with Crippen LogP contribution in [0.2, 0.25) is 0 Å². The number of carbonyl (C=O) groups is 2. The largest absolute Gasteiger partial charge is 0.509 e. The lowest BCUT2D eigenvalue weighted by molar-refractivity contribution is -0.139. The maximum atomic E-state index is 11.2. The van der Waals surface area contributed by atoms with Gasteiger partial charge in [0.05, 0.1) is 13.2 Å². The van der Waals surface area contributed by atoms with Gasteiger partial charge in [0.1, 0.15) is 0 Å². The summed E-state index contributed by atoms with van der Waals surface area (Å²) in [6, 6.07) is 0. The van der Waals surface area contributed by atoms with E-state index in [0.29, 0.717) is 12.0 Å². The van der Waals surface area contributed by atoms with E-state index in [1.54, 1.807) is 20.8 Å². The van der Waals surface area contributed by atoms with E-state index in [9.17, 15) is 9.59 Å². The molecule has 0 N–H and O–H groups in total. The maximum Gasteiger partial charge on any atom is 0.509 e. The molecule has 0 radical (unpaired) electrons. The summed E-state index contributed by atoms with van der Waals surface area (Å²) in [5.41, 5.74) is -0.671. The summed E-state index contributed by atoms with van der Waals surface area (Å²) in [5.74, 6) is 1.83. The van der Waals surface area contributed by atoms with Crippen molar-refractivity contribution >= 4 is 12.1 Å². The average Bonchev–Trinajstić information content (AvgIpc) is 2.27. The molecule has 0 aromatic heterocycles. The van der Waals surface area contributed by atoms with Gasteiger partial charge in [-0.25, -0.2) is 9.59 Å². The molecule has 18 heavy (non-hydrogen) atoms. The lowest BCUT2D eigenvalue weighted by Gasteiger charge is -2.17. The lowest BCUT2D eigenvalue weighted by Crippen LogP contribution is -2.26. The summed E-state index contributed by atoms with van der Waals surface area (Å²) in [6.45, 7) is 8.37. The van der Waals surface area contributed by atoms with Crippen molar-refractivity contribution in [1.29, 1.82) is 0 Å². The van der Waals surface area contributed by atoms with Crippen LogP contribution in [0.15, 0.2) is 12.2 Å². The molecule has 0 bridgehead atoms. The second kappa shape index (κ2) is 7.38. The molecule has 5 nitrogen and oxygen atoms in total. The fraction of sp³-hybridized carbons (Fsp3) is 0.538. The van der Waals surface area contributed by atoms with Gasteiger partial charge in [-0.15, -0.1) is 6.42 Å². The van der Waals surface area contributed by atoms with Crippen molar-refractivity contribution in [2.45, 2.75) is 32.8 Å². The number of carbonyl (C=O) groups excluding carboxylic acids is 2. The third-order valence-electron chi connectivity index (χ3n) is 1.78. The van der Waals surface area contributed by atoms with Crippen LogP contribution in [0.1, 0.15) is 27.2 Å². The number of hydrogen-bond donors (Lipinski definition) is 0. The van der Waals surface area contributed by atoms with Gasteiger partial charge in [0.15, 0.2) is 5.60 Å². The average molecular weight is 254 g/mol. The highest BCUT2D eigenvalue weighted by atomic mass is 16.7. The smallest absolute Gasteiger partial charge is 0.462 e. The van der Waals surface area contributed by atoms with E-state index in [2.05, 4.69) is 12.5 Å². The lowest BCUT2D eigenvalue weighted by atomic mass is 10.2. The van der Waals surface area contributed by atoms with Crippen LogP contribution >= 0.6 is 0 Å². The maximum absolute atomic E-state index is 11.2. The first-order chi connectivity index (χ1) is 8.28. The Kier molecular flexibility index (Phi) is 6.58. The van der Waals surface area contributed by atoms with Crippen LogP contribution in [0.3, 0.4) is 0 Å². The molecule has 0 aliphatic heterocycles. The normalized spacial score (nSPS) is 10.1. The molecule has 0 spiro atoms. The Labute approximate surface area is 107 Å². The first kappa shape index (κ1) is 16.0. The second-order valence-electron chi connectivity index (χ2n) is 4.12. The van der Waals surface area contributed by atoms with Gasteiger partial charge in [-0.1, -0.05) is 12.5 Å². The van der Waals surface area contributed by atoms with Crippen molar-refractivity contribution in [3.05, 3.63) is 12.2 Å². The number of terminal acetylenes is 1. The summed E-state index contributed by atoms with van der Waals surface area (Å²) in [6.07, 6.45) is 4.68. The summed E-state index contributed by atoms with van der Waals surface area (Å²) >= 11 is 0. The minimum absolute atomic E-state index is 0.0863. The Hall–Kier alpha value is -1.96. The topological polar surface area (TPSA) is 61.8 Å². The molecule has 5 heteroatoms. The zero-order valence-corrected chi connectivity index (χ0v) is 10.9. The molecule has 0 aromatic rings. The monoisotopic (exact) mass is 254 g/mol. The van der Waals surface area contributed by atoms with Crippen molar-refractivity contribution in [3.63, 3.8) is 0 Å². The van der Waals surface area contributed by atoms with E-state index in [0.717, 1.165) is 0 Å². The predicted molar refractivity (Wildman–Crippen MR) is 65.7 cm³/mol. The predicted octanol–water partition coefficient (Wildman–Crippen LogP) is 2.06. The van der Waals surface area contributed by atoms with Crippen molar-refractivity contribution in [1.82, 2.24) is 0 Å². The van der Waals surface area contributed by atoms with Crippen LogP contribution in [0.25, 0.3) is 0 Å². The zero-order chi connectivity index (χ0) is 14.2. The number of hydrogen-bond acceptors (Lipinski definition) is 5. The Balaban J connectivity index is 3.68. The van der Waals surface area contributed by atoms with Crippen LogP contribution in [0, 0.1) is 12.3 Å². The molecule has 0 rings (SSSR count). The molecule has 100 valence electrons. The highest BCUT2D eigenvalue weighted by Gasteiger charge is 2.20. The highest BCUT2D eigenvalue weighted by molar-refractivity contribution is 5.86. The van der Waals surface area contributed by atoms with Crippen molar-refractivity contribution in [3.8, 4) is 12.3 Å². The van der Waals surface area contributed by atoms with Gasteiger partial charge in [0.25, 0.3) is 0 Å². The van der Waals surface area contributed by atoms with E-state index in [-0.39, 0.29) is 13.2 Å². The molecule has 0 heterocycles. The Morgan fingerprint density at radius 2 is 1.83 bits per heavy atom. The fourth-order valence-electron chi connectivity index (χ4n) is 0.770. The molecule has 0 saturated heterocycles. The standard InChI is InChI=1S/C13H18O5/c1-6-13(4,5)18-12(15)17-9-7-8-16-11(14)10(2)3/h1H,2,7-9H2,3-5H3. The Morgan fingerprint density at radius 1 is 1.28 bits per heavy atom. The number of esters is 1. The van der Waals surface area contributed by atoms with Gasteiger partial charge in [-0.3, -0.25) is 0 Å². The summed E-state index contributed by atoms with van der Waals surface area (Å²) < 4.78 is 14.4. The van der Waals surface area contributed by atoms with Gasteiger partial charge in [-0.05, 0) is 20.8 Å².